The Morgan fingerprint density at radius 2 is 1.64 bits per heavy atom. The van der Waals surface area contributed by atoms with Gasteiger partial charge >= 0.3 is 0 Å². The molecule has 2 N–H and O–H groups in total. The number of amides is 4. The first-order chi connectivity index (χ1) is 13.6. The third-order valence-corrected chi connectivity index (χ3v) is 4.19. The second-order valence-electron chi connectivity index (χ2n) is 6.11. The number of carbonyl (C=O) groups excluding carboxylic acids is 4. The second kappa shape index (κ2) is 8.85. The van der Waals surface area contributed by atoms with E-state index >= 15 is 0 Å². The predicted molar refractivity (Wildman–Crippen MR) is 98.4 cm³/mol. The van der Waals surface area contributed by atoms with Crippen LogP contribution in [0.3, 0.4) is 0 Å². The van der Waals surface area contributed by atoms with Gasteiger partial charge in [-0.1, -0.05) is 12.1 Å². The second-order valence-corrected chi connectivity index (χ2v) is 6.11. The van der Waals surface area contributed by atoms with Crippen LogP contribution in [0.5, 0.6) is 0 Å². The monoisotopic (exact) mass is 381 g/mol. The molecule has 9 nitrogen and oxygen atoms in total. The number of nitrogens with one attached hydrogen (secondary N) is 2. The minimum atomic E-state index is -0.368. The van der Waals surface area contributed by atoms with Crippen LogP contribution in [0.15, 0.2) is 42.9 Å². The third kappa shape index (κ3) is 4.37. The largest absolute Gasteiger partial charge is 0.354 e. The van der Waals surface area contributed by atoms with Crippen molar-refractivity contribution in [3.8, 4) is 0 Å². The van der Waals surface area contributed by atoms with Gasteiger partial charge in [-0.25, -0.2) is 4.98 Å². The van der Waals surface area contributed by atoms with Gasteiger partial charge in [-0.05, 0) is 18.6 Å². The van der Waals surface area contributed by atoms with Crippen LogP contribution in [-0.2, 0) is 4.79 Å². The van der Waals surface area contributed by atoms with Gasteiger partial charge in [0.1, 0.15) is 5.69 Å². The molecule has 9 heteroatoms. The Labute approximate surface area is 161 Å². The molecule has 0 unspecified atom stereocenters. The molecule has 1 aliphatic heterocycles. The van der Waals surface area contributed by atoms with Crippen molar-refractivity contribution >= 4 is 23.6 Å². The lowest BCUT2D eigenvalue weighted by atomic mass is 10.1. The van der Waals surface area contributed by atoms with E-state index in [-0.39, 0.29) is 55.4 Å². The van der Waals surface area contributed by atoms with Crippen LogP contribution in [0.1, 0.15) is 44.0 Å². The Kier molecular flexibility index (Phi) is 6.05. The molecule has 144 valence electrons. The van der Waals surface area contributed by atoms with Gasteiger partial charge in [0.25, 0.3) is 17.7 Å². The van der Waals surface area contributed by atoms with Crippen LogP contribution in [0, 0.1) is 0 Å². The summed E-state index contributed by atoms with van der Waals surface area (Å²) in [6, 6.07) is 6.67. The van der Waals surface area contributed by atoms with E-state index in [1.165, 1.54) is 23.5 Å². The average molecular weight is 381 g/mol. The lowest BCUT2D eigenvalue weighted by Gasteiger charge is -2.13. The van der Waals surface area contributed by atoms with Crippen molar-refractivity contribution in [3.05, 3.63) is 59.7 Å². The number of benzene rings is 1. The first-order valence-electron chi connectivity index (χ1n) is 8.84. The molecular formula is C19H19N5O4. The van der Waals surface area contributed by atoms with E-state index in [9.17, 15) is 19.2 Å². The topological polar surface area (TPSA) is 121 Å². The Hall–Kier alpha value is -3.62. The maximum absolute atomic E-state index is 12.2. The molecule has 0 bridgehead atoms. The van der Waals surface area contributed by atoms with Crippen molar-refractivity contribution < 1.29 is 19.2 Å². The molecule has 0 aliphatic carbocycles. The molecule has 3 rings (SSSR count). The quantitative estimate of drug-likeness (QED) is 0.504. The number of nitrogens with zero attached hydrogens (tertiary/aromatic N) is 3. The molecular weight excluding hydrogens is 362 g/mol. The molecule has 0 saturated heterocycles. The average Bonchev–Trinajstić information content (AvgIpc) is 2.97. The van der Waals surface area contributed by atoms with Crippen LogP contribution in [-0.4, -0.2) is 58.1 Å². The Morgan fingerprint density at radius 1 is 0.964 bits per heavy atom. The first kappa shape index (κ1) is 19.2. The number of fused-ring (bicyclic) bond motifs is 1. The molecule has 1 aromatic carbocycles. The van der Waals surface area contributed by atoms with Crippen LogP contribution in [0.25, 0.3) is 0 Å². The van der Waals surface area contributed by atoms with E-state index < -0.39 is 0 Å². The highest BCUT2D eigenvalue weighted by molar-refractivity contribution is 6.21. The number of imide groups is 1. The maximum Gasteiger partial charge on any atom is 0.271 e. The van der Waals surface area contributed by atoms with Crippen molar-refractivity contribution in [2.75, 3.05) is 19.6 Å². The van der Waals surface area contributed by atoms with Crippen molar-refractivity contribution in [2.24, 2.45) is 0 Å². The summed E-state index contributed by atoms with van der Waals surface area (Å²) in [5, 5.41) is 5.30. The summed E-state index contributed by atoms with van der Waals surface area (Å²) in [5.74, 6) is -1.24. The Morgan fingerprint density at radius 3 is 2.29 bits per heavy atom. The maximum atomic E-state index is 12.2. The summed E-state index contributed by atoms with van der Waals surface area (Å²) in [6.07, 6.45) is 4.78. The predicted octanol–water partition coefficient (Wildman–Crippen LogP) is 0.399. The highest BCUT2D eigenvalue weighted by Gasteiger charge is 2.34. The fourth-order valence-corrected chi connectivity index (χ4v) is 2.81. The van der Waals surface area contributed by atoms with E-state index in [4.69, 9.17) is 0 Å². The molecule has 0 radical (unpaired) electrons. The number of hydrogen-bond acceptors (Lipinski definition) is 6. The van der Waals surface area contributed by atoms with Crippen LogP contribution in [0.2, 0.25) is 0 Å². The van der Waals surface area contributed by atoms with E-state index in [0.717, 1.165) is 0 Å². The molecule has 4 amide bonds. The first-order valence-corrected chi connectivity index (χ1v) is 8.84. The highest BCUT2D eigenvalue weighted by atomic mass is 16.2. The normalized spacial score (nSPS) is 12.6. The number of aromatic nitrogens is 2. The fourth-order valence-electron chi connectivity index (χ4n) is 2.81. The molecule has 0 spiro atoms. The zero-order valence-electron chi connectivity index (χ0n) is 15.1. The standard InChI is InChI=1S/C19H19N5O4/c25-16(22-9-10-23-17(26)15-12-20-7-8-21-15)6-3-11-24-18(27)13-4-1-2-5-14(13)19(24)28/h1-2,4-5,7-8,12H,3,6,9-11H2,(H,22,25)(H,23,26). The van der Waals surface area contributed by atoms with E-state index in [0.29, 0.717) is 17.5 Å². The van der Waals surface area contributed by atoms with Crippen LogP contribution < -0.4 is 10.6 Å². The fraction of sp³-hybridized carbons (Fsp3) is 0.263. The van der Waals surface area contributed by atoms with Crippen LogP contribution >= 0.6 is 0 Å². The van der Waals surface area contributed by atoms with Gasteiger partial charge < -0.3 is 10.6 Å². The molecule has 2 aromatic rings. The van der Waals surface area contributed by atoms with Gasteiger partial charge in [-0.3, -0.25) is 29.1 Å². The zero-order valence-corrected chi connectivity index (χ0v) is 15.1. The van der Waals surface area contributed by atoms with Gasteiger partial charge in [-0.2, -0.15) is 0 Å². The third-order valence-electron chi connectivity index (χ3n) is 4.19. The summed E-state index contributed by atoms with van der Waals surface area (Å²) in [5.41, 5.74) is 1.00. The van der Waals surface area contributed by atoms with E-state index in [1.807, 2.05) is 0 Å². The van der Waals surface area contributed by atoms with E-state index in [2.05, 4.69) is 20.6 Å². The summed E-state index contributed by atoms with van der Waals surface area (Å²) < 4.78 is 0. The van der Waals surface area contributed by atoms with Gasteiger partial charge in [0, 0.05) is 38.4 Å². The highest BCUT2D eigenvalue weighted by Crippen LogP contribution is 2.22. The summed E-state index contributed by atoms with van der Waals surface area (Å²) in [6.45, 7) is 0.695. The minimum absolute atomic E-state index is 0.172. The van der Waals surface area contributed by atoms with Gasteiger partial charge in [-0.15, -0.1) is 0 Å². The number of carbonyl (C=O) groups is 4. The smallest absolute Gasteiger partial charge is 0.271 e. The lowest BCUT2D eigenvalue weighted by Crippen LogP contribution is -2.35. The van der Waals surface area contributed by atoms with Gasteiger partial charge in [0.15, 0.2) is 0 Å². The molecule has 0 fully saturated rings. The minimum Gasteiger partial charge on any atom is -0.354 e. The van der Waals surface area contributed by atoms with Crippen LogP contribution in [0.4, 0.5) is 0 Å². The number of hydrogen-bond donors (Lipinski definition) is 2. The van der Waals surface area contributed by atoms with E-state index in [1.54, 1.807) is 24.3 Å². The lowest BCUT2D eigenvalue weighted by molar-refractivity contribution is -0.121. The Balaban J connectivity index is 1.34. The molecule has 0 saturated carbocycles. The molecule has 1 aromatic heterocycles. The van der Waals surface area contributed by atoms with Crippen molar-refractivity contribution in [3.63, 3.8) is 0 Å². The van der Waals surface area contributed by atoms with Gasteiger partial charge in [0.2, 0.25) is 5.91 Å². The van der Waals surface area contributed by atoms with Crippen molar-refractivity contribution in [1.82, 2.24) is 25.5 Å². The number of rotatable bonds is 8. The Bertz CT molecular complexity index is 865. The summed E-state index contributed by atoms with van der Waals surface area (Å²) in [7, 11) is 0. The summed E-state index contributed by atoms with van der Waals surface area (Å²) >= 11 is 0. The SMILES string of the molecule is O=C(CCCN1C(=O)c2ccccc2C1=O)NCCNC(=O)c1cnccn1. The van der Waals surface area contributed by atoms with Gasteiger partial charge in [0.05, 0.1) is 17.3 Å². The zero-order chi connectivity index (χ0) is 19.9. The molecule has 28 heavy (non-hydrogen) atoms. The molecule has 0 atom stereocenters. The van der Waals surface area contributed by atoms with Crippen molar-refractivity contribution in [1.29, 1.82) is 0 Å². The molecule has 1 aliphatic rings. The molecule has 2 heterocycles. The summed E-state index contributed by atoms with van der Waals surface area (Å²) in [4.78, 5) is 57.0. The van der Waals surface area contributed by atoms with Crippen molar-refractivity contribution in [2.45, 2.75) is 12.8 Å².